The summed E-state index contributed by atoms with van der Waals surface area (Å²) in [6.45, 7) is 7.04. The third-order valence-corrected chi connectivity index (χ3v) is 5.81. The molecule has 1 aliphatic rings. The molecule has 0 amide bonds. The summed E-state index contributed by atoms with van der Waals surface area (Å²) in [5.74, 6) is 0. The fourth-order valence-corrected chi connectivity index (χ4v) is 3.25. The summed E-state index contributed by atoms with van der Waals surface area (Å²) >= 11 is 0. The molecule has 0 unspecified atom stereocenters. The summed E-state index contributed by atoms with van der Waals surface area (Å²) < 4.78 is 38.3. The predicted molar refractivity (Wildman–Crippen MR) is 74.3 cm³/mol. The maximum absolute atomic E-state index is 12.8. The Labute approximate surface area is 113 Å². The number of rotatable bonds is 4. The first-order valence-corrected chi connectivity index (χ1v) is 10.1. The van der Waals surface area contributed by atoms with E-state index in [2.05, 4.69) is 37.1 Å². The van der Waals surface area contributed by atoms with E-state index in [0.29, 0.717) is 0 Å². The van der Waals surface area contributed by atoms with Gasteiger partial charge in [-0.25, -0.2) is 0 Å². The molecule has 1 fully saturated rings. The van der Waals surface area contributed by atoms with Crippen molar-refractivity contribution in [2.45, 2.75) is 50.7 Å². The number of hydrogen-bond donors (Lipinski definition) is 1. The lowest BCUT2D eigenvalue weighted by Crippen LogP contribution is -2.44. The van der Waals surface area contributed by atoms with E-state index < -0.39 is 19.8 Å². The molecule has 1 aliphatic carbocycles. The zero-order valence-electron chi connectivity index (χ0n) is 11.6. The fourth-order valence-electron chi connectivity index (χ4n) is 2.08. The number of nitrogens with one attached hydrogen (secondary N) is 1. The monoisotopic (exact) mass is 287 g/mol. The Bertz CT molecular complexity index is 441. The summed E-state index contributed by atoms with van der Waals surface area (Å²) in [5.41, 5.74) is -0.706. The second-order valence-electron chi connectivity index (χ2n) is 6.38. The second kappa shape index (κ2) is 4.63. The van der Waals surface area contributed by atoms with Gasteiger partial charge in [-0.2, -0.15) is 13.2 Å². The van der Waals surface area contributed by atoms with Gasteiger partial charge < -0.3 is 0 Å². The molecule has 0 aromatic heterocycles. The van der Waals surface area contributed by atoms with Gasteiger partial charge in [0.25, 0.3) is 0 Å². The van der Waals surface area contributed by atoms with Crippen LogP contribution in [-0.4, -0.2) is 19.8 Å². The average molecular weight is 287 g/mol. The molecule has 0 spiro atoms. The summed E-state index contributed by atoms with van der Waals surface area (Å²) in [6, 6.07) is 7.98. The minimum Gasteiger partial charge on any atom is -0.299 e. The van der Waals surface area contributed by atoms with Gasteiger partial charge in [-0.1, -0.05) is 49.1 Å². The van der Waals surface area contributed by atoms with Gasteiger partial charge in [0.1, 0.15) is 5.54 Å². The maximum Gasteiger partial charge on any atom is 0.406 e. The summed E-state index contributed by atoms with van der Waals surface area (Å²) in [4.78, 5) is 0. The van der Waals surface area contributed by atoms with E-state index in [4.69, 9.17) is 0 Å². The Hall–Kier alpha value is -0.813. The molecule has 0 saturated heterocycles. The molecule has 1 aromatic rings. The van der Waals surface area contributed by atoms with Gasteiger partial charge in [-0.05, 0) is 18.4 Å². The first kappa shape index (κ1) is 14.6. The van der Waals surface area contributed by atoms with E-state index in [1.165, 1.54) is 5.19 Å². The highest BCUT2D eigenvalue weighted by Crippen LogP contribution is 2.49. The van der Waals surface area contributed by atoms with Gasteiger partial charge in [0.2, 0.25) is 0 Å². The summed E-state index contributed by atoms with van der Waals surface area (Å²) in [7, 11) is -1.33. The Morgan fingerprint density at radius 1 is 1.11 bits per heavy atom. The average Bonchev–Trinajstić information content (AvgIpc) is 3.06. The van der Waals surface area contributed by atoms with Crippen LogP contribution in [0.25, 0.3) is 0 Å². The minimum absolute atomic E-state index is 0.198. The van der Waals surface area contributed by atoms with Crippen LogP contribution in [0, 0.1) is 0 Å². The maximum atomic E-state index is 12.8. The smallest absolute Gasteiger partial charge is 0.299 e. The van der Waals surface area contributed by atoms with Crippen molar-refractivity contribution in [3.05, 3.63) is 29.8 Å². The van der Waals surface area contributed by atoms with Gasteiger partial charge >= 0.3 is 6.18 Å². The highest BCUT2D eigenvalue weighted by Gasteiger charge is 2.62. The molecule has 106 valence electrons. The van der Waals surface area contributed by atoms with Crippen molar-refractivity contribution in [1.82, 2.24) is 5.32 Å². The van der Waals surface area contributed by atoms with E-state index in [-0.39, 0.29) is 19.4 Å². The number of halogens is 3. The van der Waals surface area contributed by atoms with Crippen LogP contribution in [-0.2, 0) is 6.54 Å². The van der Waals surface area contributed by atoms with Crippen LogP contribution in [0.4, 0.5) is 13.2 Å². The molecule has 0 atom stereocenters. The molecule has 1 N–H and O–H groups in total. The molecule has 1 saturated carbocycles. The third kappa shape index (κ3) is 3.20. The van der Waals surface area contributed by atoms with Crippen LogP contribution in [0.2, 0.25) is 19.6 Å². The number of hydrogen-bond acceptors (Lipinski definition) is 1. The quantitative estimate of drug-likeness (QED) is 0.837. The first-order chi connectivity index (χ1) is 8.64. The lowest BCUT2D eigenvalue weighted by Gasteiger charge is -2.21. The van der Waals surface area contributed by atoms with Crippen molar-refractivity contribution < 1.29 is 13.2 Å². The van der Waals surface area contributed by atoms with Crippen LogP contribution in [0.3, 0.4) is 0 Å². The van der Waals surface area contributed by atoms with Gasteiger partial charge in [-0.15, -0.1) is 0 Å². The molecule has 1 nitrogen and oxygen atoms in total. The van der Waals surface area contributed by atoms with E-state index in [9.17, 15) is 13.2 Å². The molecular weight excluding hydrogens is 267 g/mol. The molecule has 1 aromatic carbocycles. The lowest BCUT2D eigenvalue weighted by atomic mass is 10.2. The SMILES string of the molecule is C[Si](C)(C)c1ccc(CNC2(C(F)(F)F)CC2)cc1. The predicted octanol–water partition coefficient (Wildman–Crippen LogP) is 3.42. The molecule has 0 bridgehead atoms. The number of alkyl halides is 3. The van der Waals surface area contributed by atoms with E-state index >= 15 is 0 Å². The molecular formula is C14H20F3NSi. The normalized spacial score (nSPS) is 18.4. The Kier molecular flexibility index (Phi) is 3.56. The van der Waals surface area contributed by atoms with Gasteiger partial charge in [-0.3, -0.25) is 5.32 Å². The van der Waals surface area contributed by atoms with E-state index in [1.807, 2.05) is 12.1 Å². The minimum atomic E-state index is -4.13. The van der Waals surface area contributed by atoms with Crippen molar-refractivity contribution in [2.24, 2.45) is 0 Å². The molecule has 0 aliphatic heterocycles. The highest BCUT2D eigenvalue weighted by molar-refractivity contribution is 6.88. The van der Waals surface area contributed by atoms with Crippen LogP contribution in [0.1, 0.15) is 18.4 Å². The second-order valence-corrected chi connectivity index (χ2v) is 11.5. The van der Waals surface area contributed by atoms with Crippen LogP contribution in [0.5, 0.6) is 0 Å². The van der Waals surface area contributed by atoms with Crippen molar-refractivity contribution in [3.63, 3.8) is 0 Å². The van der Waals surface area contributed by atoms with Gasteiger partial charge in [0, 0.05) is 6.54 Å². The van der Waals surface area contributed by atoms with Crippen molar-refractivity contribution in [3.8, 4) is 0 Å². The fraction of sp³-hybridized carbons (Fsp3) is 0.571. The Morgan fingerprint density at radius 2 is 1.63 bits per heavy atom. The summed E-state index contributed by atoms with van der Waals surface area (Å²) in [6.07, 6.45) is -3.74. The van der Waals surface area contributed by atoms with Crippen LogP contribution >= 0.6 is 0 Å². The Balaban J connectivity index is 1.98. The van der Waals surface area contributed by atoms with Crippen LogP contribution < -0.4 is 10.5 Å². The molecule has 5 heteroatoms. The van der Waals surface area contributed by atoms with Gasteiger partial charge in [0.05, 0.1) is 8.07 Å². The molecule has 2 rings (SSSR count). The third-order valence-electron chi connectivity index (χ3n) is 3.74. The van der Waals surface area contributed by atoms with E-state index in [0.717, 1.165) is 5.56 Å². The zero-order chi connectivity index (χ0) is 14.3. The van der Waals surface area contributed by atoms with Crippen molar-refractivity contribution >= 4 is 13.3 Å². The highest BCUT2D eigenvalue weighted by atomic mass is 28.3. The standard InChI is InChI=1S/C14H20F3NSi/c1-19(2,3)12-6-4-11(5-7-12)10-18-13(8-9-13)14(15,16)17/h4-7,18H,8-10H2,1-3H3. The number of benzene rings is 1. The zero-order valence-corrected chi connectivity index (χ0v) is 12.6. The van der Waals surface area contributed by atoms with Crippen LogP contribution in [0.15, 0.2) is 24.3 Å². The Morgan fingerprint density at radius 3 is 2.00 bits per heavy atom. The van der Waals surface area contributed by atoms with Crippen molar-refractivity contribution in [1.29, 1.82) is 0 Å². The first-order valence-electron chi connectivity index (χ1n) is 6.55. The summed E-state index contributed by atoms with van der Waals surface area (Å²) in [5, 5.41) is 4.00. The molecule has 0 radical (unpaired) electrons. The topological polar surface area (TPSA) is 12.0 Å². The van der Waals surface area contributed by atoms with Gasteiger partial charge in [0.15, 0.2) is 0 Å². The van der Waals surface area contributed by atoms with E-state index in [1.54, 1.807) is 0 Å². The lowest BCUT2D eigenvalue weighted by molar-refractivity contribution is -0.166. The largest absolute Gasteiger partial charge is 0.406 e. The van der Waals surface area contributed by atoms with Crippen molar-refractivity contribution in [2.75, 3.05) is 0 Å². The molecule has 19 heavy (non-hydrogen) atoms. The molecule has 0 heterocycles.